The highest BCUT2D eigenvalue weighted by Crippen LogP contribution is 2.15. The van der Waals surface area contributed by atoms with E-state index in [1.54, 1.807) is 31.4 Å². The molecule has 34 heavy (non-hydrogen) atoms. The molecule has 1 N–H and O–H groups in total. The number of carbonyl (C=O) groups is 2. The predicted molar refractivity (Wildman–Crippen MR) is 123 cm³/mol. The van der Waals surface area contributed by atoms with Gasteiger partial charge in [-0.25, -0.2) is 4.79 Å². The number of rotatable bonds is 10. The molecule has 2 aromatic rings. The molecule has 0 unspecified atom stereocenters. The number of benzene rings is 2. The molecule has 180 valence electrons. The number of amides is 2. The van der Waals surface area contributed by atoms with Gasteiger partial charge in [0.2, 0.25) is 0 Å². The maximum atomic E-state index is 13.0. The topological polar surface area (TPSA) is 110 Å². The highest BCUT2D eigenvalue weighted by atomic mass is 16.6. The molecule has 0 spiro atoms. The summed E-state index contributed by atoms with van der Waals surface area (Å²) < 4.78 is 21.6. The van der Waals surface area contributed by atoms with E-state index in [0.29, 0.717) is 38.7 Å². The number of morpholine rings is 1. The standard InChI is InChI=1S/C25H29N3O6/c1-31-22-9-7-19(8-10-22)15-23(34-25(30)28-11-13-32-14-12-28)24(29)27-21(16-26)18-33-17-20-5-3-2-4-6-20/h2-10,21,23H,11-15,17-18H2,1H3,(H,27,29)/t21-,23+/m1/s1. The quantitative estimate of drug-likeness (QED) is 0.571. The second-order valence-electron chi connectivity index (χ2n) is 7.72. The van der Waals surface area contributed by atoms with Gasteiger partial charge >= 0.3 is 6.09 Å². The van der Waals surface area contributed by atoms with Gasteiger partial charge in [-0.1, -0.05) is 42.5 Å². The monoisotopic (exact) mass is 467 g/mol. The summed E-state index contributed by atoms with van der Waals surface area (Å²) in [6.07, 6.45) is -1.56. The van der Waals surface area contributed by atoms with E-state index in [1.807, 2.05) is 36.4 Å². The lowest BCUT2D eigenvalue weighted by Crippen LogP contribution is -2.48. The zero-order chi connectivity index (χ0) is 24.2. The molecule has 0 radical (unpaired) electrons. The predicted octanol–water partition coefficient (Wildman–Crippen LogP) is 2.30. The zero-order valence-electron chi connectivity index (χ0n) is 19.1. The van der Waals surface area contributed by atoms with Crippen molar-refractivity contribution in [2.45, 2.75) is 25.2 Å². The van der Waals surface area contributed by atoms with E-state index in [-0.39, 0.29) is 13.0 Å². The lowest BCUT2D eigenvalue weighted by molar-refractivity contribution is -0.131. The van der Waals surface area contributed by atoms with Crippen molar-refractivity contribution >= 4 is 12.0 Å². The van der Waals surface area contributed by atoms with E-state index in [9.17, 15) is 14.9 Å². The van der Waals surface area contributed by atoms with Gasteiger partial charge < -0.3 is 29.2 Å². The summed E-state index contributed by atoms with van der Waals surface area (Å²) in [7, 11) is 1.57. The van der Waals surface area contributed by atoms with Gasteiger partial charge in [0, 0.05) is 19.5 Å². The summed E-state index contributed by atoms with van der Waals surface area (Å²) in [5.74, 6) is 0.113. The molecule has 0 aromatic heterocycles. The smallest absolute Gasteiger partial charge is 0.410 e. The summed E-state index contributed by atoms with van der Waals surface area (Å²) in [6.45, 7) is 1.94. The first-order valence-electron chi connectivity index (χ1n) is 11.1. The molecule has 1 saturated heterocycles. The molecule has 2 amide bonds. The average Bonchev–Trinajstić information content (AvgIpc) is 2.89. The van der Waals surface area contributed by atoms with Crippen molar-refractivity contribution < 1.29 is 28.5 Å². The third kappa shape index (κ3) is 7.76. The van der Waals surface area contributed by atoms with Gasteiger partial charge in [0.25, 0.3) is 5.91 Å². The number of nitrogens with zero attached hydrogens (tertiary/aromatic N) is 2. The van der Waals surface area contributed by atoms with E-state index < -0.39 is 24.1 Å². The Morgan fingerprint density at radius 1 is 1.09 bits per heavy atom. The molecule has 9 heteroatoms. The molecule has 1 aliphatic rings. The van der Waals surface area contributed by atoms with Crippen LogP contribution in [0.25, 0.3) is 0 Å². The number of ether oxygens (including phenoxy) is 4. The van der Waals surface area contributed by atoms with Crippen molar-refractivity contribution in [1.82, 2.24) is 10.2 Å². The SMILES string of the molecule is COc1ccc(C[C@H](OC(=O)N2CCOCC2)C(=O)N[C@H](C#N)COCc2ccccc2)cc1. The van der Waals surface area contributed by atoms with Crippen LogP contribution in [0.1, 0.15) is 11.1 Å². The van der Waals surface area contributed by atoms with Crippen molar-refractivity contribution in [3.63, 3.8) is 0 Å². The first-order valence-corrected chi connectivity index (χ1v) is 11.1. The van der Waals surface area contributed by atoms with Crippen LogP contribution in [0.15, 0.2) is 54.6 Å². The van der Waals surface area contributed by atoms with Gasteiger partial charge in [0.1, 0.15) is 11.8 Å². The Labute approximate surface area is 199 Å². The average molecular weight is 468 g/mol. The van der Waals surface area contributed by atoms with Gasteiger partial charge in [0.15, 0.2) is 6.10 Å². The number of nitrogens with one attached hydrogen (secondary N) is 1. The second kappa shape index (κ2) is 13.2. The molecule has 3 rings (SSSR count). The van der Waals surface area contributed by atoms with E-state index in [0.717, 1.165) is 11.1 Å². The van der Waals surface area contributed by atoms with Crippen LogP contribution in [0.3, 0.4) is 0 Å². The van der Waals surface area contributed by atoms with Crippen molar-refractivity contribution in [1.29, 1.82) is 5.26 Å². The molecule has 2 atom stereocenters. The minimum absolute atomic E-state index is 0.00377. The lowest BCUT2D eigenvalue weighted by Gasteiger charge is -2.28. The number of methoxy groups -OCH3 is 1. The molecule has 0 bridgehead atoms. The summed E-state index contributed by atoms with van der Waals surface area (Å²) in [6, 6.07) is 17.8. The molecule has 0 aliphatic carbocycles. The Kier molecular flexibility index (Phi) is 9.70. The molecule has 0 saturated carbocycles. The molecular weight excluding hydrogens is 438 g/mol. The minimum Gasteiger partial charge on any atom is -0.497 e. The maximum absolute atomic E-state index is 13.0. The number of nitriles is 1. The molecule has 1 fully saturated rings. The van der Waals surface area contributed by atoms with Crippen LogP contribution in [0.2, 0.25) is 0 Å². The first-order chi connectivity index (χ1) is 16.6. The van der Waals surface area contributed by atoms with Gasteiger partial charge in [-0.2, -0.15) is 5.26 Å². The summed E-state index contributed by atoms with van der Waals surface area (Å²) in [5.41, 5.74) is 1.74. The third-order valence-electron chi connectivity index (χ3n) is 5.25. The number of hydrogen-bond donors (Lipinski definition) is 1. The van der Waals surface area contributed by atoms with Crippen molar-refractivity contribution in [2.75, 3.05) is 40.0 Å². The normalized spacial score (nSPS) is 15.0. The number of carbonyl (C=O) groups excluding carboxylic acids is 2. The van der Waals surface area contributed by atoms with Crippen LogP contribution < -0.4 is 10.1 Å². The van der Waals surface area contributed by atoms with Gasteiger partial charge in [-0.3, -0.25) is 4.79 Å². The zero-order valence-corrected chi connectivity index (χ0v) is 19.1. The molecule has 1 aliphatic heterocycles. The Balaban J connectivity index is 1.62. The van der Waals surface area contributed by atoms with Crippen LogP contribution in [-0.2, 0) is 32.0 Å². The van der Waals surface area contributed by atoms with Crippen LogP contribution in [0, 0.1) is 11.3 Å². The Bertz CT molecular complexity index is 955. The largest absolute Gasteiger partial charge is 0.497 e. The first kappa shape index (κ1) is 25.0. The fourth-order valence-electron chi connectivity index (χ4n) is 3.35. The van der Waals surface area contributed by atoms with E-state index in [2.05, 4.69) is 5.32 Å². The maximum Gasteiger partial charge on any atom is 0.410 e. The van der Waals surface area contributed by atoms with Crippen LogP contribution in [0.4, 0.5) is 4.79 Å². The minimum atomic E-state index is -1.12. The van der Waals surface area contributed by atoms with Gasteiger partial charge in [-0.05, 0) is 23.3 Å². The van der Waals surface area contributed by atoms with Crippen LogP contribution in [-0.4, -0.2) is 69.1 Å². The third-order valence-corrected chi connectivity index (χ3v) is 5.25. The second-order valence-corrected chi connectivity index (χ2v) is 7.72. The van der Waals surface area contributed by atoms with Crippen molar-refractivity contribution in [3.05, 3.63) is 65.7 Å². The van der Waals surface area contributed by atoms with Gasteiger partial charge in [0.05, 0.1) is 39.6 Å². The van der Waals surface area contributed by atoms with Crippen molar-refractivity contribution in [2.24, 2.45) is 0 Å². The Morgan fingerprint density at radius 2 is 1.79 bits per heavy atom. The summed E-state index contributed by atoms with van der Waals surface area (Å²) >= 11 is 0. The highest BCUT2D eigenvalue weighted by molar-refractivity contribution is 5.84. The van der Waals surface area contributed by atoms with Crippen molar-refractivity contribution in [3.8, 4) is 11.8 Å². The molecule has 1 heterocycles. The Morgan fingerprint density at radius 3 is 2.44 bits per heavy atom. The van der Waals surface area contributed by atoms with E-state index in [1.165, 1.54) is 4.90 Å². The number of hydrogen-bond acceptors (Lipinski definition) is 7. The van der Waals surface area contributed by atoms with E-state index >= 15 is 0 Å². The molecule has 9 nitrogen and oxygen atoms in total. The van der Waals surface area contributed by atoms with Crippen LogP contribution >= 0.6 is 0 Å². The fourth-order valence-corrected chi connectivity index (χ4v) is 3.35. The Hall–Kier alpha value is -3.61. The van der Waals surface area contributed by atoms with Gasteiger partial charge in [-0.15, -0.1) is 0 Å². The van der Waals surface area contributed by atoms with Crippen LogP contribution in [0.5, 0.6) is 5.75 Å². The lowest BCUT2D eigenvalue weighted by atomic mass is 10.1. The van der Waals surface area contributed by atoms with E-state index in [4.69, 9.17) is 18.9 Å². The molecular formula is C25H29N3O6. The fraction of sp³-hybridized carbons (Fsp3) is 0.400. The summed E-state index contributed by atoms with van der Waals surface area (Å²) in [5, 5.41) is 12.1. The summed E-state index contributed by atoms with van der Waals surface area (Å²) in [4.78, 5) is 27.2. The highest BCUT2D eigenvalue weighted by Gasteiger charge is 2.29. The molecule has 2 aromatic carbocycles.